The van der Waals surface area contributed by atoms with Crippen LogP contribution in [0, 0.1) is 0 Å². The predicted molar refractivity (Wildman–Crippen MR) is 55.9 cm³/mol. The Labute approximate surface area is 84.6 Å². The number of nitrogens with one attached hydrogen (secondary N) is 2. The topological polar surface area (TPSA) is 41.1 Å². The van der Waals surface area contributed by atoms with Crippen LogP contribution in [0.5, 0.6) is 0 Å². The van der Waals surface area contributed by atoms with E-state index < -0.39 is 0 Å². The van der Waals surface area contributed by atoms with Gasteiger partial charge in [-0.15, -0.1) is 0 Å². The molecule has 1 heterocycles. The number of carbonyl (C=O) groups is 1. The van der Waals surface area contributed by atoms with Crippen LogP contribution in [-0.2, 0) is 4.79 Å². The summed E-state index contributed by atoms with van der Waals surface area (Å²) in [6, 6.07) is 5.61. The summed E-state index contributed by atoms with van der Waals surface area (Å²) in [5.74, 6) is -0.000556. The van der Waals surface area contributed by atoms with E-state index in [4.69, 9.17) is 0 Å². The molecule has 1 aromatic rings. The molecular formula is C9H9BrN2O. The van der Waals surface area contributed by atoms with Gasteiger partial charge >= 0.3 is 0 Å². The number of benzene rings is 1. The lowest BCUT2D eigenvalue weighted by Crippen LogP contribution is -2.36. The Morgan fingerprint density at radius 2 is 2.23 bits per heavy atom. The maximum Gasteiger partial charge on any atom is 0.246 e. The Kier molecular flexibility index (Phi) is 2.00. The highest BCUT2D eigenvalue weighted by molar-refractivity contribution is 9.10. The van der Waals surface area contributed by atoms with Crippen LogP contribution in [0.1, 0.15) is 6.92 Å². The number of hydrogen-bond donors (Lipinski definition) is 2. The molecule has 0 aliphatic carbocycles. The second-order valence-corrected chi connectivity index (χ2v) is 3.87. The average molecular weight is 241 g/mol. The molecule has 13 heavy (non-hydrogen) atoms. The van der Waals surface area contributed by atoms with Crippen LogP contribution in [0.2, 0.25) is 0 Å². The molecule has 1 aliphatic rings. The number of hydrogen-bond acceptors (Lipinski definition) is 2. The smallest absolute Gasteiger partial charge is 0.246 e. The fourth-order valence-electron chi connectivity index (χ4n) is 1.30. The minimum atomic E-state index is -0.165. The fraction of sp³-hybridized carbons (Fsp3) is 0.222. The summed E-state index contributed by atoms with van der Waals surface area (Å²) < 4.78 is 0.901. The Morgan fingerprint density at radius 3 is 3.00 bits per heavy atom. The summed E-state index contributed by atoms with van der Waals surface area (Å²) >= 11 is 3.37. The average Bonchev–Trinajstić information content (AvgIpc) is 2.09. The molecule has 0 spiro atoms. The summed E-state index contributed by atoms with van der Waals surface area (Å²) in [6.45, 7) is 1.83. The zero-order valence-electron chi connectivity index (χ0n) is 7.10. The Hall–Kier alpha value is -1.03. The summed E-state index contributed by atoms with van der Waals surface area (Å²) in [5, 5.41) is 5.94. The third-order valence-electron chi connectivity index (χ3n) is 2.03. The van der Waals surface area contributed by atoms with E-state index >= 15 is 0 Å². The van der Waals surface area contributed by atoms with Crippen molar-refractivity contribution in [3.8, 4) is 0 Å². The van der Waals surface area contributed by atoms with Gasteiger partial charge in [-0.25, -0.2) is 0 Å². The van der Waals surface area contributed by atoms with Gasteiger partial charge in [0.1, 0.15) is 6.04 Å². The number of amides is 1. The van der Waals surface area contributed by atoms with Crippen molar-refractivity contribution >= 4 is 33.2 Å². The van der Waals surface area contributed by atoms with Crippen molar-refractivity contribution < 1.29 is 4.79 Å². The van der Waals surface area contributed by atoms with E-state index in [-0.39, 0.29) is 11.9 Å². The number of para-hydroxylation sites is 1. The number of fused-ring (bicyclic) bond motifs is 1. The fourth-order valence-corrected chi connectivity index (χ4v) is 1.77. The molecule has 1 unspecified atom stereocenters. The van der Waals surface area contributed by atoms with Gasteiger partial charge in [0, 0.05) is 4.47 Å². The summed E-state index contributed by atoms with van der Waals surface area (Å²) in [6.07, 6.45) is 0. The predicted octanol–water partition coefficient (Wildman–Crippen LogP) is 2.20. The van der Waals surface area contributed by atoms with Crippen molar-refractivity contribution in [3.05, 3.63) is 22.7 Å². The minimum absolute atomic E-state index is 0.000556. The molecule has 0 fully saturated rings. The van der Waals surface area contributed by atoms with Gasteiger partial charge in [-0.1, -0.05) is 6.07 Å². The van der Waals surface area contributed by atoms with E-state index in [0.717, 1.165) is 15.8 Å². The first kappa shape index (κ1) is 8.56. The van der Waals surface area contributed by atoms with Crippen LogP contribution < -0.4 is 10.6 Å². The SMILES string of the molecule is CC1Nc2cccc(Br)c2NC1=O. The highest BCUT2D eigenvalue weighted by Crippen LogP contribution is 2.33. The quantitative estimate of drug-likeness (QED) is 0.731. The van der Waals surface area contributed by atoms with Crippen LogP contribution in [0.4, 0.5) is 11.4 Å². The van der Waals surface area contributed by atoms with Crippen LogP contribution in [0.25, 0.3) is 0 Å². The van der Waals surface area contributed by atoms with Gasteiger partial charge < -0.3 is 10.6 Å². The van der Waals surface area contributed by atoms with Crippen molar-refractivity contribution in [1.82, 2.24) is 0 Å². The normalized spacial score (nSPS) is 20.2. The van der Waals surface area contributed by atoms with Crippen molar-refractivity contribution in [1.29, 1.82) is 0 Å². The Bertz CT molecular complexity index is 365. The van der Waals surface area contributed by atoms with Gasteiger partial charge in [0.15, 0.2) is 0 Å². The molecule has 0 saturated heterocycles. The second kappa shape index (κ2) is 3.03. The molecule has 0 saturated carbocycles. The van der Waals surface area contributed by atoms with Crippen LogP contribution in [0.15, 0.2) is 22.7 Å². The molecular weight excluding hydrogens is 232 g/mol. The van der Waals surface area contributed by atoms with Gasteiger partial charge in [-0.05, 0) is 35.0 Å². The molecule has 0 bridgehead atoms. The zero-order valence-corrected chi connectivity index (χ0v) is 8.68. The first-order chi connectivity index (χ1) is 6.18. The van der Waals surface area contributed by atoms with E-state index in [1.54, 1.807) is 0 Å². The first-order valence-corrected chi connectivity index (χ1v) is 4.83. The van der Waals surface area contributed by atoms with E-state index in [1.165, 1.54) is 0 Å². The van der Waals surface area contributed by atoms with Crippen LogP contribution in [-0.4, -0.2) is 11.9 Å². The lowest BCUT2D eigenvalue weighted by atomic mass is 10.1. The van der Waals surface area contributed by atoms with Crippen molar-refractivity contribution in [2.45, 2.75) is 13.0 Å². The molecule has 2 rings (SSSR count). The molecule has 1 aromatic carbocycles. The molecule has 2 N–H and O–H groups in total. The monoisotopic (exact) mass is 240 g/mol. The van der Waals surface area contributed by atoms with E-state index in [9.17, 15) is 4.79 Å². The maximum atomic E-state index is 11.3. The molecule has 1 atom stereocenters. The zero-order chi connectivity index (χ0) is 9.42. The van der Waals surface area contributed by atoms with Gasteiger partial charge in [0.25, 0.3) is 0 Å². The van der Waals surface area contributed by atoms with Crippen LogP contribution in [0.3, 0.4) is 0 Å². The summed E-state index contributed by atoms with van der Waals surface area (Å²) in [4.78, 5) is 11.3. The Morgan fingerprint density at radius 1 is 1.46 bits per heavy atom. The number of anilines is 2. The highest BCUT2D eigenvalue weighted by Gasteiger charge is 2.22. The molecule has 3 nitrogen and oxygen atoms in total. The van der Waals surface area contributed by atoms with Gasteiger partial charge in [0.05, 0.1) is 11.4 Å². The lowest BCUT2D eigenvalue weighted by Gasteiger charge is -2.24. The van der Waals surface area contributed by atoms with Crippen LogP contribution >= 0.6 is 15.9 Å². The maximum absolute atomic E-state index is 11.3. The minimum Gasteiger partial charge on any atom is -0.372 e. The van der Waals surface area contributed by atoms with Crippen molar-refractivity contribution in [3.63, 3.8) is 0 Å². The summed E-state index contributed by atoms with van der Waals surface area (Å²) in [7, 11) is 0. The van der Waals surface area contributed by atoms with Gasteiger partial charge in [0.2, 0.25) is 5.91 Å². The third-order valence-corrected chi connectivity index (χ3v) is 2.69. The molecule has 1 amide bonds. The third kappa shape index (κ3) is 1.42. The van der Waals surface area contributed by atoms with Gasteiger partial charge in [-0.2, -0.15) is 0 Å². The van der Waals surface area contributed by atoms with E-state index in [1.807, 2.05) is 25.1 Å². The second-order valence-electron chi connectivity index (χ2n) is 3.02. The molecule has 4 heteroatoms. The molecule has 0 aromatic heterocycles. The highest BCUT2D eigenvalue weighted by atomic mass is 79.9. The Balaban J connectivity index is 2.48. The van der Waals surface area contributed by atoms with Crippen molar-refractivity contribution in [2.24, 2.45) is 0 Å². The number of halogens is 1. The lowest BCUT2D eigenvalue weighted by molar-refractivity contribution is -0.116. The van der Waals surface area contributed by atoms with Gasteiger partial charge in [-0.3, -0.25) is 4.79 Å². The number of rotatable bonds is 0. The van der Waals surface area contributed by atoms with E-state index in [2.05, 4.69) is 26.6 Å². The standard InChI is InChI=1S/C9H9BrN2O/c1-5-9(13)12-8-6(10)3-2-4-7(8)11-5/h2-5,11H,1H3,(H,12,13). The van der Waals surface area contributed by atoms with E-state index in [0.29, 0.717) is 0 Å². The summed E-state index contributed by atoms with van der Waals surface area (Å²) in [5.41, 5.74) is 1.78. The largest absolute Gasteiger partial charge is 0.372 e. The molecule has 0 radical (unpaired) electrons. The number of carbonyl (C=O) groups excluding carboxylic acids is 1. The van der Waals surface area contributed by atoms with Crippen molar-refractivity contribution in [2.75, 3.05) is 10.6 Å². The molecule has 68 valence electrons. The first-order valence-electron chi connectivity index (χ1n) is 4.04. The molecule has 1 aliphatic heterocycles.